The highest BCUT2D eigenvalue weighted by molar-refractivity contribution is 8.77. The molecule has 0 N–H and O–H groups in total. The van der Waals surface area contributed by atoms with E-state index in [0.717, 1.165) is 17.3 Å². The molecule has 2 saturated heterocycles. The Hall–Kier alpha value is 2.45. The van der Waals surface area contributed by atoms with Crippen LogP contribution in [0.2, 0.25) is 0 Å². The van der Waals surface area contributed by atoms with Gasteiger partial charge in [0.1, 0.15) is 0 Å². The Bertz CT molecular complexity index is 137. The highest BCUT2D eigenvalue weighted by Gasteiger charge is 1.97. The minimum Gasteiger partial charge on any atom is -0.179 e. The minimum atomic E-state index is 1.00. The summed E-state index contributed by atoms with van der Waals surface area (Å²) in [5.41, 5.74) is 0. The molecule has 0 amide bonds. The number of rotatable bonds is 5. The number of hydrogen-bond donors (Lipinski definition) is 3. The Balaban J connectivity index is 0. The van der Waals surface area contributed by atoms with Gasteiger partial charge in [-0.15, -0.1) is 0 Å². The van der Waals surface area contributed by atoms with Gasteiger partial charge in [0.2, 0.25) is 0 Å². The van der Waals surface area contributed by atoms with Crippen molar-refractivity contribution in [3.63, 3.8) is 0 Å². The molecule has 2 fully saturated rings. The molecule has 0 aromatic carbocycles. The molecule has 7 heteroatoms. The molecule has 136 valence electrons. The van der Waals surface area contributed by atoms with Crippen LogP contribution < -0.4 is 0 Å². The second-order valence-corrected chi connectivity index (χ2v) is 11.3. The van der Waals surface area contributed by atoms with Gasteiger partial charge in [-0.05, 0) is 55.8 Å². The van der Waals surface area contributed by atoms with E-state index >= 15 is 0 Å². The summed E-state index contributed by atoms with van der Waals surface area (Å²) in [5, 5.41) is 0. The van der Waals surface area contributed by atoms with Crippen LogP contribution in [0.4, 0.5) is 0 Å². The monoisotopic (exact) mass is 438 g/mol. The van der Waals surface area contributed by atoms with Gasteiger partial charge in [-0.25, -0.2) is 0 Å². The molecule has 22 heavy (non-hydrogen) atoms. The van der Waals surface area contributed by atoms with Crippen LogP contribution in [-0.2, 0) is 0 Å². The van der Waals surface area contributed by atoms with Crippen LogP contribution in [0.25, 0.3) is 0 Å². The predicted molar refractivity (Wildman–Crippen MR) is 129 cm³/mol. The van der Waals surface area contributed by atoms with E-state index in [0.29, 0.717) is 0 Å². The van der Waals surface area contributed by atoms with Crippen LogP contribution in [0.3, 0.4) is 0 Å². The first-order chi connectivity index (χ1) is 10.8. The van der Waals surface area contributed by atoms with Crippen molar-refractivity contribution >= 4 is 81.1 Å². The second kappa shape index (κ2) is 28.3. The van der Waals surface area contributed by atoms with Gasteiger partial charge in [0.25, 0.3) is 0 Å². The van der Waals surface area contributed by atoms with E-state index in [-0.39, 0.29) is 0 Å². The van der Waals surface area contributed by atoms with Gasteiger partial charge in [-0.3, -0.25) is 0 Å². The zero-order chi connectivity index (χ0) is 16.7. The molecule has 0 aromatic heterocycles. The van der Waals surface area contributed by atoms with Crippen LogP contribution in [0, 0.1) is 0 Å². The first kappa shape index (κ1) is 26.7. The van der Waals surface area contributed by atoms with Crippen molar-refractivity contribution in [2.75, 3.05) is 40.3 Å². The number of thiol groups is 3. The summed E-state index contributed by atoms with van der Waals surface area (Å²) < 4.78 is 0. The van der Waals surface area contributed by atoms with E-state index in [2.05, 4.69) is 44.8 Å². The molecule has 2 aliphatic rings. The Morgan fingerprint density at radius 2 is 0.955 bits per heavy atom. The van der Waals surface area contributed by atoms with E-state index < -0.39 is 0 Å². The molecule has 0 atom stereocenters. The molecule has 0 spiro atoms. The lowest BCUT2D eigenvalue weighted by Gasteiger charge is -2.04. The van der Waals surface area contributed by atoms with Gasteiger partial charge in [0.05, 0.1) is 0 Å². The SMILES string of the molecule is C1CCSSC1.C1CSSC1.CCCCS.SCCCCS. The topological polar surface area (TPSA) is 0 Å². The van der Waals surface area contributed by atoms with Crippen LogP contribution in [0.15, 0.2) is 0 Å². The second-order valence-electron chi connectivity index (χ2n) is 4.58. The van der Waals surface area contributed by atoms with E-state index in [9.17, 15) is 0 Å². The summed E-state index contributed by atoms with van der Waals surface area (Å²) >= 11 is 12.0. The summed E-state index contributed by atoms with van der Waals surface area (Å²) in [6.07, 6.45) is 9.23. The minimum absolute atomic E-state index is 1.00. The molecule has 2 heterocycles. The first-order valence-electron chi connectivity index (χ1n) is 8.14. The molecular weight excluding hydrogens is 405 g/mol. The summed E-state index contributed by atoms with van der Waals surface area (Å²) in [6, 6.07) is 0. The third kappa shape index (κ3) is 30.3. The maximum Gasteiger partial charge on any atom is 0.00450 e. The average Bonchev–Trinajstić information content (AvgIpc) is 3.16. The van der Waals surface area contributed by atoms with Gasteiger partial charge < -0.3 is 0 Å². The molecular formula is C15H34S7. The third-order valence-electron chi connectivity index (χ3n) is 2.41. The van der Waals surface area contributed by atoms with Gasteiger partial charge in [0.15, 0.2) is 0 Å². The summed E-state index contributed by atoms with van der Waals surface area (Å²) in [4.78, 5) is 0. The maximum absolute atomic E-state index is 4.02. The van der Waals surface area contributed by atoms with Crippen molar-refractivity contribution < 1.29 is 0 Å². The lowest BCUT2D eigenvalue weighted by molar-refractivity contribution is 0.899. The summed E-state index contributed by atoms with van der Waals surface area (Å²) in [5.74, 6) is 8.56. The Morgan fingerprint density at radius 3 is 1.09 bits per heavy atom. The fraction of sp³-hybridized carbons (Fsp3) is 1.00. The molecule has 0 aliphatic carbocycles. The highest BCUT2D eigenvalue weighted by Crippen LogP contribution is 2.29. The van der Waals surface area contributed by atoms with Crippen LogP contribution in [-0.4, -0.2) is 40.3 Å². The predicted octanol–water partition coefficient (Wildman–Crippen LogP) is 7.28. The Labute approximate surface area is 172 Å². The zero-order valence-corrected chi connectivity index (χ0v) is 19.8. The summed E-state index contributed by atoms with van der Waals surface area (Å²) in [6.45, 7) is 2.16. The molecule has 0 unspecified atom stereocenters. The van der Waals surface area contributed by atoms with Gasteiger partial charge in [-0.1, -0.05) is 56.5 Å². The van der Waals surface area contributed by atoms with Crippen molar-refractivity contribution in [3.05, 3.63) is 0 Å². The van der Waals surface area contributed by atoms with E-state index in [1.165, 1.54) is 68.0 Å². The normalized spacial score (nSPS) is 16.4. The Kier molecular flexibility index (Phi) is 34.3. The van der Waals surface area contributed by atoms with E-state index in [4.69, 9.17) is 0 Å². The molecule has 0 saturated carbocycles. The molecule has 2 rings (SSSR count). The third-order valence-corrected chi connectivity index (χ3v) is 8.51. The fourth-order valence-corrected chi connectivity index (χ4v) is 6.53. The smallest absolute Gasteiger partial charge is 0.00450 e. The van der Waals surface area contributed by atoms with Crippen LogP contribution in [0.5, 0.6) is 0 Å². The van der Waals surface area contributed by atoms with Gasteiger partial charge in [-0.2, -0.15) is 37.9 Å². The Morgan fingerprint density at radius 1 is 0.591 bits per heavy atom. The van der Waals surface area contributed by atoms with E-state index in [1.807, 2.05) is 43.2 Å². The first-order valence-corrected chi connectivity index (χ1v) is 15.0. The largest absolute Gasteiger partial charge is 0.179 e. The van der Waals surface area contributed by atoms with Crippen molar-refractivity contribution in [2.24, 2.45) is 0 Å². The van der Waals surface area contributed by atoms with Gasteiger partial charge in [0, 0.05) is 23.0 Å². The standard InChI is InChI=1S/C4H8S2.C4H10S2.C4H10S.C3H6S2/c1-2-4-6-5-3-1;5-3-1-2-4-6;1-2-3-4-5;1-2-4-5-3-1/h1-4H2;5-6H,1-4H2;5H,2-4H2,1H3;1-3H2. The lowest BCUT2D eigenvalue weighted by atomic mass is 10.4. The average molecular weight is 439 g/mol. The molecule has 0 nitrogen and oxygen atoms in total. The van der Waals surface area contributed by atoms with Crippen LogP contribution >= 0.6 is 81.1 Å². The highest BCUT2D eigenvalue weighted by atomic mass is 33.1. The van der Waals surface area contributed by atoms with E-state index in [1.54, 1.807) is 0 Å². The van der Waals surface area contributed by atoms with Crippen molar-refractivity contribution in [1.82, 2.24) is 0 Å². The molecule has 2 aliphatic heterocycles. The van der Waals surface area contributed by atoms with Crippen molar-refractivity contribution in [3.8, 4) is 0 Å². The zero-order valence-electron chi connectivity index (χ0n) is 13.9. The van der Waals surface area contributed by atoms with Crippen LogP contribution in [0.1, 0.15) is 51.9 Å². The van der Waals surface area contributed by atoms with Crippen molar-refractivity contribution in [2.45, 2.75) is 51.9 Å². The van der Waals surface area contributed by atoms with Crippen molar-refractivity contribution in [1.29, 1.82) is 0 Å². The quantitative estimate of drug-likeness (QED) is 0.234. The summed E-state index contributed by atoms with van der Waals surface area (Å²) in [7, 11) is 8.00. The maximum atomic E-state index is 4.02. The molecule has 0 bridgehead atoms. The van der Waals surface area contributed by atoms with Gasteiger partial charge >= 0.3 is 0 Å². The number of unbranched alkanes of at least 4 members (excludes halogenated alkanes) is 2. The molecule has 0 aromatic rings. The molecule has 0 radical (unpaired) electrons. The lowest BCUT2D eigenvalue weighted by Crippen LogP contribution is -1.86. The fourth-order valence-electron chi connectivity index (χ4n) is 1.12. The number of hydrogen-bond acceptors (Lipinski definition) is 7.